The van der Waals surface area contributed by atoms with Gasteiger partial charge in [0.05, 0.1) is 5.51 Å². The molecular weight excluding hydrogens is 256 g/mol. The Hall–Kier alpha value is -1.33. The van der Waals surface area contributed by atoms with Gasteiger partial charge in [-0.3, -0.25) is 9.88 Å². The number of aromatic nitrogens is 3. The zero-order valence-electron chi connectivity index (χ0n) is 11.2. The van der Waals surface area contributed by atoms with E-state index in [1.807, 2.05) is 17.9 Å². The zero-order chi connectivity index (χ0) is 13.1. The first kappa shape index (κ1) is 12.7. The number of hydrogen-bond donors (Lipinski definition) is 0. The molecule has 19 heavy (non-hydrogen) atoms. The lowest BCUT2D eigenvalue weighted by molar-refractivity contribution is 0.244. The van der Waals surface area contributed by atoms with Crippen molar-refractivity contribution in [3.63, 3.8) is 0 Å². The molecule has 5 heteroatoms. The normalized spacial score (nSPS) is 15.4. The molecule has 0 atom stereocenters. The Bertz CT molecular complexity index is 538. The van der Waals surface area contributed by atoms with Crippen LogP contribution in [0.4, 0.5) is 0 Å². The smallest absolute Gasteiger partial charge is 0.128 e. The van der Waals surface area contributed by atoms with Gasteiger partial charge in [0.25, 0.3) is 0 Å². The van der Waals surface area contributed by atoms with E-state index in [2.05, 4.69) is 26.8 Å². The number of rotatable bonds is 4. The van der Waals surface area contributed by atoms with Gasteiger partial charge in [-0.25, -0.2) is 9.97 Å². The fraction of sp³-hybridized carbons (Fsp3) is 0.500. The summed E-state index contributed by atoms with van der Waals surface area (Å²) in [6, 6.07) is 0. The van der Waals surface area contributed by atoms with Crippen LogP contribution in [-0.4, -0.2) is 26.4 Å². The maximum Gasteiger partial charge on any atom is 0.128 e. The van der Waals surface area contributed by atoms with Gasteiger partial charge in [0, 0.05) is 61.0 Å². The maximum absolute atomic E-state index is 4.69. The number of thiazole rings is 1. The zero-order valence-corrected chi connectivity index (χ0v) is 12.0. The lowest BCUT2D eigenvalue weighted by Crippen LogP contribution is -2.30. The van der Waals surface area contributed by atoms with Crippen molar-refractivity contribution < 1.29 is 0 Å². The Morgan fingerprint density at radius 2 is 2.32 bits per heavy atom. The Labute approximate surface area is 117 Å². The second-order valence-corrected chi connectivity index (χ2v) is 5.91. The van der Waals surface area contributed by atoms with E-state index in [4.69, 9.17) is 0 Å². The first-order chi connectivity index (χ1) is 9.35. The highest BCUT2D eigenvalue weighted by molar-refractivity contribution is 7.09. The average molecular weight is 274 g/mol. The summed E-state index contributed by atoms with van der Waals surface area (Å²) in [5.41, 5.74) is 4.43. The largest absolute Gasteiger partial charge is 0.293 e. The highest BCUT2D eigenvalue weighted by atomic mass is 32.1. The van der Waals surface area contributed by atoms with Crippen LogP contribution >= 0.6 is 11.3 Å². The van der Waals surface area contributed by atoms with Gasteiger partial charge in [0.15, 0.2) is 0 Å². The number of nitrogens with zero attached hydrogens (tertiary/aromatic N) is 4. The van der Waals surface area contributed by atoms with Crippen molar-refractivity contribution in [1.29, 1.82) is 0 Å². The second kappa shape index (κ2) is 5.75. The van der Waals surface area contributed by atoms with Crippen molar-refractivity contribution in [3.8, 4) is 0 Å². The average Bonchev–Trinajstić information content (AvgIpc) is 2.92. The van der Waals surface area contributed by atoms with Gasteiger partial charge >= 0.3 is 0 Å². The van der Waals surface area contributed by atoms with E-state index in [1.165, 1.54) is 16.1 Å². The van der Waals surface area contributed by atoms with E-state index < -0.39 is 0 Å². The second-order valence-electron chi connectivity index (χ2n) is 4.94. The van der Waals surface area contributed by atoms with Crippen LogP contribution in [0.3, 0.4) is 0 Å². The van der Waals surface area contributed by atoms with Crippen LogP contribution in [0.5, 0.6) is 0 Å². The number of aryl methyl sites for hydroxylation is 1. The Morgan fingerprint density at radius 3 is 3.11 bits per heavy atom. The Morgan fingerprint density at radius 1 is 1.37 bits per heavy atom. The Kier molecular flexibility index (Phi) is 3.84. The maximum atomic E-state index is 4.69. The molecular formula is C14H18N4S. The minimum atomic E-state index is 0.958. The van der Waals surface area contributed by atoms with E-state index in [0.29, 0.717) is 0 Å². The van der Waals surface area contributed by atoms with Gasteiger partial charge in [0.1, 0.15) is 5.82 Å². The van der Waals surface area contributed by atoms with Crippen LogP contribution in [0.2, 0.25) is 0 Å². The monoisotopic (exact) mass is 274 g/mol. The van der Waals surface area contributed by atoms with Crippen molar-refractivity contribution in [1.82, 2.24) is 19.9 Å². The van der Waals surface area contributed by atoms with Crippen LogP contribution < -0.4 is 0 Å². The SMILES string of the molecule is CCCc1ncc2c(n1)CCN(Cc1cncs1)C2. The standard InChI is InChI=1S/C14H18N4S/c1-2-3-14-16-6-11-8-18(5-4-13(11)17-14)9-12-7-15-10-19-12/h6-7,10H,2-5,8-9H2,1H3. The van der Waals surface area contributed by atoms with Crippen molar-refractivity contribution in [3.05, 3.63) is 39.9 Å². The molecule has 0 saturated carbocycles. The summed E-state index contributed by atoms with van der Waals surface area (Å²) in [5.74, 6) is 0.997. The van der Waals surface area contributed by atoms with E-state index in [-0.39, 0.29) is 0 Å². The number of hydrogen-bond acceptors (Lipinski definition) is 5. The molecule has 0 fully saturated rings. The predicted molar refractivity (Wildman–Crippen MR) is 76.0 cm³/mol. The molecule has 2 aromatic heterocycles. The molecule has 1 aliphatic rings. The summed E-state index contributed by atoms with van der Waals surface area (Å²) in [5, 5.41) is 0. The van der Waals surface area contributed by atoms with E-state index in [9.17, 15) is 0 Å². The molecule has 1 aliphatic heterocycles. The van der Waals surface area contributed by atoms with Gasteiger partial charge < -0.3 is 0 Å². The molecule has 0 N–H and O–H groups in total. The van der Waals surface area contributed by atoms with Crippen LogP contribution in [0, 0.1) is 0 Å². The van der Waals surface area contributed by atoms with Gasteiger partial charge in [-0.05, 0) is 6.42 Å². The molecule has 100 valence electrons. The van der Waals surface area contributed by atoms with Crippen molar-refractivity contribution in [2.75, 3.05) is 6.54 Å². The summed E-state index contributed by atoms with van der Waals surface area (Å²) in [6.07, 6.45) is 7.11. The number of fused-ring (bicyclic) bond motifs is 1. The summed E-state index contributed by atoms with van der Waals surface area (Å²) in [7, 11) is 0. The lowest BCUT2D eigenvalue weighted by atomic mass is 10.1. The molecule has 0 unspecified atom stereocenters. The summed E-state index contributed by atoms with van der Waals surface area (Å²) >= 11 is 1.72. The molecule has 3 heterocycles. The first-order valence-corrected chi connectivity index (χ1v) is 7.66. The molecule has 0 radical (unpaired) electrons. The Balaban J connectivity index is 1.70. The molecule has 0 aliphatic carbocycles. The van der Waals surface area contributed by atoms with E-state index in [0.717, 1.165) is 44.7 Å². The molecule has 3 rings (SSSR count). The van der Waals surface area contributed by atoms with E-state index >= 15 is 0 Å². The minimum Gasteiger partial charge on any atom is -0.293 e. The summed E-state index contributed by atoms with van der Waals surface area (Å²) in [4.78, 5) is 17.1. The molecule has 2 aromatic rings. The van der Waals surface area contributed by atoms with Crippen molar-refractivity contribution >= 4 is 11.3 Å². The van der Waals surface area contributed by atoms with Crippen LogP contribution in [0.1, 0.15) is 35.3 Å². The molecule has 0 aromatic carbocycles. The lowest BCUT2D eigenvalue weighted by Gasteiger charge is -2.27. The van der Waals surface area contributed by atoms with Crippen molar-refractivity contribution in [2.45, 2.75) is 39.3 Å². The third kappa shape index (κ3) is 2.98. The highest BCUT2D eigenvalue weighted by Gasteiger charge is 2.18. The quantitative estimate of drug-likeness (QED) is 0.859. The molecule has 0 amide bonds. The topological polar surface area (TPSA) is 41.9 Å². The van der Waals surface area contributed by atoms with Crippen molar-refractivity contribution in [2.24, 2.45) is 0 Å². The van der Waals surface area contributed by atoms with Crippen LogP contribution in [0.15, 0.2) is 17.9 Å². The minimum absolute atomic E-state index is 0.958. The van der Waals surface area contributed by atoms with Gasteiger partial charge in [-0.1, -0.05) is 6.92 Å². The fourth-order valence-electron chi connectivity index (χ4n) is 2.44. The third-order valence-electron chi connectivity index (χ3n) is 3.40. The summed E-state index contributed by atoms with van der Waals surface area (Å²) < 4.78 is 0. The third-order valence-corrected chi connectivity index (χ3v) is 4.16. The highest BCUT2D eigenvalue weighted by Crippen LogP contribution is 2.19. The van der Waals surface area contributed by atoms with Gasteiger partial charge in [-0.15, -0.1) is 11.3 Å². The molecule has 0 saturated heterocycles. The van der Waals surface area contributed by atoms with Gasteiger partial charge in [0.2, 0.25) is 0 Å². The van der Waals surface area contributed by atoms with Crippen LogP contribution in [0.25, 0.3) is 0 Å². The summed E-state index contributed by atoms with van der Waals surface area (Å²) in [6.45, 7) is 5.19. The molecule has 0 spiro atoms. The molecule has 0 bridgehead atoms. The fourth-order valence-corrected chi connectivity index (χ4v) is 3.07. The van der Waals surface area contributed by atoms with E-state index in [1.54, 1.807) is 11.3 Å². The van der Waals surface area contributed by atoms with Crippen LogP contribution in [-0.2, 0) is 25.9 Å². The molecule has 4 nitrogen and oxygen atoms in total. The first-order valence-electron chi connectivity index (χ1n) is 6.78. The predicted octanol–water partition coefficient (Wildman–Crippen LogP) is 2.44. The van der Waals surface area contributed by atoms with Gasteiger partial charge in [-0.2, -0.15) is 0 Å².